The summed E-state index contributed by atoms with van der Waals surface area (Å²) >= 11 is 11.5. The molecule has 0 radical (unpaired) electrons. The molecule has 212 valence electrons. The predicted octanol–water partition coefficient (Wildman–Crippen LogP) is 4.95. The molecule has 0 saturated heterocycles. The normalized spacial score (nSPS) is 11.8. The number of amides is 2. The first-order chi connectivity index (χ1) is 18.7. The third-order valence-corrected chi connectivity index (χ3v) is 6.70. The molecule has 0 aliphatic carbocycles. The number of alkyl halides is 3. The second-order valence-electron chi connectivity index (χ2n) is 8.14. The van der Waals surface area contributed by atoms with Crippen molar-refractivity contribution in [1.82, 2.24) is 5.43 Å². The summed E-state index contributed by atoms with van der Waals surface area (Å²) in [6.45, 7) is -1.09. The highest BCUT2D eigenvalue weighted by Crippen LogP contribution is 2.37. The van der Waals surface area contributed by atoms with Gasteiger partial charge in [-0.2, -0.15) is 18.3 Å². The molecule has 40 heavy (non-hydrogen) atoms. The highest BCUT2D eigenvalue weighted by Gasteiger charge is 2.34. The number of hydrogen-bond acceptors (Lipinski definition) is 6. The van der Waals surface area contributed by atoms with Gasteiger partial charge in [0.05, 0.1) is 28.7 Å². The molecule has 2 amide bonds. The smallest absolute Gasteiger partial charge is 0.417 e. The molecule has 0 atom stereocenters. The molecule has 0 bridgehead atoms. The molecule has 0 aliphatic rings. The van der Waals surface area contributed by atoms with Crippen molar-refractivity contribution in [2.45, 2.75) is 6.18 Å². The summed E-state index contributed by atoms with van der Waals surface area (Å²) in [5.41, 5.74) is 1.53. The SMILES string of the molecule is CS(=O)(=O)N(CC(=O)N/N=C\c1ccc(OCC(=O)Nc2cccc(Cl)c2)cc1)c1ccc(Cl)c(C(F)(F)F)c1. The average Bonchev–Trinajstić information content (AvgIpc) is 2.86. The van der Waals surface area contributed by atoms with Crippen LogP contribution in [0.25, 0.3) is 0 Å². The van der Waals surface area contributed by atoms with Crippen molar-refractivity contribution in [3.8, 4) is 5.75 Å². The Balaban J connectivity index is 1.56. The van der Waals surface area contributed by atoms with Gasteiger partial charge in [0.25, 0.3) is 11.8 Å². The number of anilines is 2. The van der Waals surface area contributed by atoms with Crippen LogP contribution in [0.1, 0.15) is 11.1 Å². The Morgan fingerprint density at radius 1 is 1.02 bits per heavy atom. The average molecular weight is 617 g/mol. The van der Waals surface area contributed by atoms with Gasteiger partial charge in [-0.05, 0) is 66.2 Å². The van der Waals surface area contributed by atoms with Gasteiger partial charge in [0.15, 0.2) is 6.61 Å². The molecule has 3 aromatic rings. The van der Waals surface area contributed by atoms with Gasteiger partial charge in [-0.3, -0.25) is 13.9 Å². The van der Waals surface area contributed by atoms with Crippen LogP contribution in [0.3, 0.4) is 0 Å². The van der Waals surface area contributed by atoms with Gasteiger partial charge in [0.1, 0.15) is 12.3 Å². The molecule has 0 unspecified atom stereocenters. The molecule has 0 saturated carbocycles. The molecule has 15 heteroatoms. The fourth-order valence-electron chi connectivity index (χ4n) is 3.19. The number of hydrazone groups is 1. The van der Waals surface area contributed by atoms with Crippen molar-refractivity contribution < 1.29 is 35.9 Å². The number of benzene rings is 3. The summed E-state index contributed by atoms with van der Waals surface area (Å²) < 4.78 is 69.9. The van der Waals surface area contributed by atoms with Crippen LogP contribution in [-0.2, 0) is 25.8 Å². The highest BCUT2D eigenvalue weighted by molar-refractivity contribution is 7.92. The summed E-state index contributed by atoms with van der Waals surface area (Å²) in [6, 6.07) is 15.4. The number of sulfonamides is 1. The van der Waals surface area contributed by atoms with Crippen LogP contribution in [-0.4, -0.2) is 45.9 Å². The number of carbonyl (C=O) groups excluding carboxylic acids is 2. The Kier molecular flexibility index (Phi) is 10.0. The minimum Gasteiger partial charge on any atom is -0.484 e. The minimum absolute atomic E-state index is 0.259. The Morgan fingerprint density at radius 2 is 1.73 bits per heavy atom. The number of carbonyl (C=O) groups is 2. The summed E-state index contributed by atoms with van der Waals surface area (Å²) in [5, 5.41) is 6.24. The molecular weight excluding hydrogens is 596 g/mol. The van der Waals surface area contributed by atoms with E-state index in [2.05, 4.69) is 15.8 Å². The molecule has 0 heterocycles. The lowest BCUT2D eigenvalue weighted by molar-refractivity contribution is -0.137. The molecule has 0 fully saturated rings. The number of nitrogens with zero attached hydrogens (tertiary/aromatic N) is 2. The van der Waals surface area contributed by atoms with Crippen LogP contribution in [0.4, 0.5) is 24.5 Å². The van der Waals surface area contributed by atoms with Crippen LogP contribution in [0.5, 0.6) is 5.75 Å². The molecule has 3 rings (SSSR count). The summed E-state index contributed by atoms with van der Waals surface area (Å²) in [5.74, 6) is -0.921. The number of halogens is 5. The molecule has 3 aromatic carbocycles. The van der Waals surface area contributed by atoms with E-state index in [1.54, 1.807) is 48.5 Å². The minimum atomic E-state index is -4.83. The predicted molar refractivity (Wildman–Crippen MR) is 146 cm³/mol. The number of nitrogens with one attached hydrogen (secondary N) is 2. The van der Waals surface area contributed by atoms with E-state index in [4.69, 9.17) is 27.9 Å². The van der Waals surface area contributed by atoms with Crippen molar-refractivity contribution in [3.05, 3.63) is 87.9 Å². The fourth-order valence-corrected chi connectivity index (χ4v) is 4.46. The zero-order valence-electron chi connectivity index (χ0n) is 20.6. The topological polar surface area (TPSA) is 117 Å². The Bertz CT molecular complexity index is 1520. The number of rotatable bonds is 10. The third-order valence-electron chi connectivity index (χ3n) is 4.99. The van der Waals surface area contributed by atoms with Crippen LogP contribution in [0.2, 0.25) is 10.0 Å². The highest BCUT2D eigenvalue weighted by atomic mass is 35.5. The first-order valence-corrected chi connectivity index (χ1v) is 13.8. The molecule has 0 aromatic heterocycles. The van der Waals surface area contributed by atoms with E-state index in [-0.39, 0.29) is 6.61 Å². The first kappa shape index (κ1) is 30.7. The van der Waals surface area contributed by atoms with E-state index in [0.29, 0.717) is 32.4 Å². The monoisotopic (exact) mass is 616 g/mol. The van der Waals surface area contributed by atoms with Gasteiger partial charge in [0, 0.05) is 10.7 Å². The zero-order valence-corrected chi connectivity index (χ0v) is 22.9. The van der Waals surface area contributed by atoms with Crippen LogP contribution in [0, 0.1) is 0 Å². The maximum Gasteiger partial charge on any atom is 0.417 e. The van der Waals surface area contributed by atoms with Crippen LogP contribution >= 0.6 is 23.2 Å². The second-order valence-corrected chi connectivity index (χ2v) is 10.9. The molecule has 9 nitrogen and oxygen atoms in total. The van der Waals surface area contributed by atoms with Gasteiger partial charge in [-0.25, -0.2) is 13.8 Å². The van der Waals surface area contributed by atoms with E-state index in [1.807, 2.05) is 0 Å². The van der Waals surface area contributed by atoms with E-state index in [1.165, 1.54) is 6.21 Å². The Labute approximate surface area is 237 Å². The van der Waals surface area contributed by atoms with Gasteiger partial charge < -0.3 is 10.1 Å². The van der Waals surface area contributed by atoms with Crippen molar-refractivity contribution >= 4 is 62.6 Å². The van der Waals surface area contributed by atoms with E-state index >= 15 is 0 Å². The van der Waals surface area contributed by atoms with Gasteiger partial charge in [-0.1, -0.05) is 29.3 Å². The largest absolute Gasteiger partial charge is 0.484 e. The molecular formula is C25H21Cl2F3N4O5S. The molecule has 2 N–H and O–H groups in total. The lowest BCUT2D eigenvalue weighted by Crippen LogP contribution is -2.39. The zero-order chi connectivity index (χ0) is 29.5. The maximum absolute atomic E-state index is 13.2. The van der Waals surface area contributed by atoms with E-state index < -0.39 is 50.8 Å². The fraction of sp³-hybridized carbons (Fsp3) is 0.160. The first-order valence-electron chi connectivity index (χ1n) is 11.2. The quantitative estimate of drug-likeness (QED) is 0.247. The number of ether oxygens (including phenoxy) is 1. The van der Waals surface area contributed by atoms with Gasteiger partial charge in [-0.15, -0.1) is 0 Å². The summed E-state index contributed by atoms with van der Waals surface area (Å²) in [7, 11) is -4.14. The molecule has 0 spiro atoms. The van der Waals surface area contributed by atoms with Crippen molar-refractivity contribution in [2.24, 2.45) is 5.10 Å². The summed E-state index contributed by atoms with van der Waals surface area (Å²) in [6.07, 6.45) is -2.83. The standard InChI is InChI=1S/C25H21Cl2F3N4O5S/c1-40(37,38)34(19-7-10-22(27)21(12-19)25(28,29)30)14-23(35)33-31-13-16-5-8-20(9-6-16)39-15-24(36)32-18-4-2-3-17(26)11-18/h2-13H,14-15H2,1H3,(H,32,36)(H,33,35)/b31-13-. The lowest BCUT2D eigenvalue weighted by Gasteiger charge is -2.22. The van der Waals surface area contributed by atoms with Crippen molar-refractivity contribution in [1.29, 1.82) is 0 Å². The van der Waals surface area contributed by atoms with Crippen LogP contribution < -0.4 is 19.8 Å². The van der Waals surface area contributed by atoms with Crippen molar-refractivity contribution in [3.63, 3.8) is 0 Å². The number of hydrogen-bond donors (Lipinski definition) is 2. The molecule has 0 aliphatic heterocycles. The third kappa shape index (κ3) is 9.14. The van der Waals surface area contributed by atoms with E-state index in [0.717, 1.165) is 18.4 Å². The Hall–Kier alpha value is -3.81. The second kappa shape index (κ2) is 13.0. The summed E-state index contributed by atoms with van der Waals surface area (Å²) in [4.78, 5) is 24.4. The van der Waals surface area contributed by atoms with Gasteiger partial charge >= 0.3 is 6.18 Å². The van der Waals surface area contributed by atoms with Crippen LogP contribution in [0.15, 0.2) is 71.8 Å². The lowest BCUT2D eigenvalue weighted by atomic mass is 10.2. The Morgan fingerprint density at radius 3 is 2.35 bits per heavy atom. The van der Waals surface area contributed by atoms with E-state index in [9.17, 15) is 31.2 Å². The maximum atomic E-state index is 13.2. The van der Waals surface area contributed by atoms with Gasteiger partial charge in [0.2, 0.25) is 10.0 Å². The van der Waals surface area contributed by atoms with Crippen molar-refractivity contribution in [2.75, 3.05) is 29.0 Å².